The van der Waals surface area contributed by atoms with Crippen molar-refractivity contribution < 1.29 is 4.74 Å². The van der Waals surface area contributed by atoms with E-state index in [0.717, 1.165) is 30.0 Å². The molecule has 1 atom stereocenters. The lowest BCUT2D eigenvalue weighted by molar-refractivity contribution is 0.415. The first-order valence-electron chi connectivity index (χ1n) is 11.2. The summed E-state index contributed by atoms with van der Waals surface area (Å²) < 4.78 is 6.85. The van der Waals surface area contributed by atoms with E-state index in [-0.39, 0.29) is 11.6 Å². The standard InChI is InChI=1S/C26H26N6O2/c1-31-25(33)15-23(22-11-12-27-17-29-22)30-26(31)32-14-13-28-24(16-32)20-5-3-18(4-6-20)19-7-9-21(34-2)10-8-19/h3-12,15,17,24,28H,13-14,16H2,1-2H3/t24-/m1/s1. The molecule has 8 nitrogen and oxygen atoms in total. The second kappa shape index (κ2) is 9.44. The summed E-state index contributed by atoms with van der Waals surface area (Å²) in [6.07, 6.45) is 3.11. The van der Waals surface area contributed by atoms with Crippen LogP contribution in [-0.4, -0.2) is 46.3 Å². The highest BCUT2D eigenvalue weighted by atomic mass is 16.5. The van der Waals surface area contributed by atoms with Crippen LogP contribution in [0.25, 0.3) is 22.5 Å². The zero-order chi connectivity index (χ0) is 23.5. The molecule has 1 N–H and O–H groups in total. The number of methoxy groups -OCH3 is 1. The Morgan fingerprint density at radius 3 is 2.41 bits per heavy atom. The van der Waals surface area contributed by atoms with E-state index < -0.39 is 0 Å². The first-order valence-corrected chi connectivity index (χ1v) is 11.2. The van der Waals surface area contributed by atoms with Gasteiger partial charge in [0, 0.05) is 45.0 Å². The molecule has 1 aliphatic rings. The van der Waals surface area contributed by atoms with Crippen molar-refractivity contribution in [2.75, 3.05) is 31.6 Å². The minimum atomic E-state index is -0.113. The number of aromatic nitrogens is 4. The van der Waals surface area contributed by atoms with Crippen molar-refractivity contribution in [3.8, 4) is 28.3 Å². The minimum absolute atomic E-state index is 0.113. The minimum Gasteiger partial charge on any atom is -0.497 e. The van der Waals surface area contributed by atoms with Gasteiger partial charge in [-0.1, -0.05) is 36.4 Å². The van der Waals surface area contributed by atoms with Crippen LogP contribution in [0.3, 0.4) is 0 Å². The number of nitrogens with zero attached hydrogens (tertiary/aromatic N) is 5. The third kappa shape index (κ3) is 4.40. The molecule has 2 aromatic heterocycles. The smallest absolute Gasteiger partial charge is 0.255 e. The van der Waals surface area contributed by atoms with Crippen molar-refractivity contribution >= 4 is 5.95 Å². The largest absolute Gasteiger partial charge is 0.497 e. The lowest BCUT2D eigenvalue weighted by Crippen LogP contribution is -2.47. The molecule has 4 aromatic rings. The Morgan fingerprint density at radius 1 is 1.00 bits per heavy atom. The number of hydrogen-bond donors (Lipinski definition) is 1. The molecule has 8 heteroatoms. The van der Waals surface area contributed by atoms with Gasteiger partial charge in [-0.3, -0.25) is 9.36 Å². The summed E-state index contributed by atoms with van der Waals surface area (Å²) in [5.74, 6) is 1.49. The van der Waals surface area contributed by atoms with Crippen LogP contribution < -0.4 is 20.5 Å². The fourth-order valence-electron chi connectivity index (χ4n) is 4.23. The van der Waals surface area contributed by atoms with E-state index in [2.05, 4.69) is 56.6 Å². The molecule has 0 aliphatic carbocycles. The van der Waals surface area contributed by atoms with Gasteiger partial charge in [0.15, 0.2) is 0 Å². The average Bonchev–Trinajstić information content (AvgIpc) is 2.91. The number of hydrogen-bond acceptors (Lipinski definition) is 7. The average molecular weight is 455 g/mol. The van der Waals surface area contributed by atoms with Gasteiger partial charge in [-0.05, 0) is 34.9 Å². The van der Waals surface area contributed by atoms with Crippen molar-refractivity contribution in [1.29, 1.82) is 0 Å². The maximum absolute atomic E-state index is 12.7. The molecule has 2 aromatic carbocycles. The van der Waals surface area contributed by atoms with Crippen LogP contribution in [0.4, 0.5) is 5.95 Å². The maximum atomic E-state index is 12.7. The molecule has 0 amide bonds. The highest BCUT2D eigenvalue weighted by Gasteiger charge is 2.24. The Labute approximate surface area is 197 Å². The normalized spacial score (nSPS) is 15.8. The topological polar surface area (TPSA) is 85.2 Å². The van der Waals surface area contributed by atoms with E-state index in [4.69, 9.17) is 9.72 Å². The fraction of sp³-hybridized carbons (Fsp3) is 0.231. The molecule has 0 unspecified atom stereocenters. The summed E-state index contributed by atoms with van der Waals surface area (Å²) in [4.78, 5) is 27.8. The summed E-state index contributed by atoms with van der Waals surface area (Å²) in [6.45, 7) is 2.25. The summed E-state index contributed by atoms with van der Waals surface area (Å²) >= 11 is 0. The molecular formula is C26H26N6O2. The number of anilines is 1. The van der Waals surface area contributed by atoms with E-state index in [1.807, 2.05) is 12.1 Å². The van der Waals surface area contributed by atoms with Gasteiger partial charge in [0.2, 0.25) is 5.95 Å². The molecule has 172 valence electrons. The van der Waals surface area contributed by atoms with Gasteiger partial charge < -0.3 is 15.0 Å². The SMILES string of the molecule is COc1ccc(-c2ccc([C@H]3CN(c4nc(-c5ccncn5)cc(=O)n4C)CCN3)cc2)cc1. The summed E-state index contributed by atoms with van der Waals surface area (Å²) in [5.41, 5.74) is 4.57. The zero-order valence-corrected chi connectivity index (χ0v) is 19.2. The second-order valence-electron chi connectivity index (χ2n) is 8.24. The lowest BCUT2D eigenvalue weighted by Gasteiger charge is -2.35. The van der Waals surface area contributed by atoms with E-state index in [0.29, 0.717) is 23.9 Å². The highest BCUT2D eigenvalue weighted by Crippen LogP contribution is 2.26. The quantitative estimate of drug-likeness (QED) is 0.496. The molecule has 3 heterocycles. The predicted molar refractivity (Wildman–Crippen MR) is 132 cm³/mol. The molecule has 0 radical (unpaired) electrons. The molecule has 0 spiro atoms. The summed E-state index contributed by atoms with van der Waals surface area (Å²) in [6, 6.07) is 20.1. The van der Waals surface area contributed by atoms with Crippen LogP contribution in [0.1, 0.15) is 11.6 Å². The number of nitrogens with one attached hydrogen (secondary N) is 1. The van der Waals surface area contributed by atoms with E-state index in [1.54, 1.807) is 31.0 Å². The number of rotatable bonds is 5. The van der Waals surface area contributed by atoms with Crippen molar-refractivity contribution in [3.05, 3.63) is 89.1 Å². The lowest BCUT2D eigenvalue weighted by atomic mass is 9.99. The first-order chi connectivity index (χ1) is 16.6. The summed E-state index contributed by atoms with van der Waals surface area (Å²) in [7, 11) is 3.43. The molecule has 1 fully saturated rings. The van der Waals surface area contributed by atoms with Gasteiger partial charge in [-0.15, -0.1) is 0 Å². The van der Waals surface area contributed by atoms with Gasteiger partial charge in [0.05, 0.1) is 18.5 Å². The molecule has 34 heavy (non-hydrogen) atoms. The zero-order valence-electron chi connectivity index (χ0n) is 19.2. The molecule has 0 saturated carbocycles. The van der Waals surface area contributed by atoms with Crippen molar-refractivity contribution in [2.45, 2.75) is 6.04 Å². The fourth-order valence-corrected chi connectivity index (χ4v) is 4.23. The van der Waals surface area contributed by atoms with E-state index in [1.165, 1.54) is 18.0 Å². The molecule has 5 rings (SSSR count). The van der Waals surface area contributed by atoms with Crippen LogP contribution >= 0.6 is 0 Å². The van der Waals surface area contributed by atoms with Crippen LogP contribution in [0, 0.1) is 0 Å². The van der Waals surface area contributed by atoms with Gasteiger partial charge in [-0.25, -0.2) is 15.0 Å². The van der Waals surface area contributed by atoms with Gasteiger partial charge in [0.1, 0.15) is 12.1 Å². The second-order valence-corrected chi connectivity index (χ2v) is 8.24. The first kappa shape index (κ1) is 21.8. The number of benzene rings is 2. The Hall–Kier alpha value is -4.04. The van der Waals surface area contributed by atoms with Crippen LogP contribution in [0.15, 0.2) is 78.0 Å². The third-order valence-corrected chi connectivity index (χ3v) is 6.15. The van der Waals surface area contributed by atoms with Crippen molar-refractivity contribution in [2.24, 2.45) is 7.05 Å². The Bertz CT molecular complexity index is 1320. The molecule has 0 bridgehead atoms. The monoisotopic (exact) mass is 454 g/mol. The Kier molecular flexibility index (Phi) is 6.05. The Balaban J connectivity index is 1.38. The van der Waals surface area contributed by atoms with Crippen molar-refractivity contribution in [3.63, 3.8) is 0 Å². The van der Waals surface area contributed by atoms with Gasteiger partial charge in [0.25, 0.3) is 5.56 Å². The van der Waals surface area contributed by atoms with E-state index in [9.17, 15) is 4.79 Å². The van der Waals surface area contributed by atoms with E-state index >= 15 is 0 Å². The third-order valence-electron chi connectivity index (χ3n) is 6.15. The van der Waals surface area contributed by atoms with Crippen LogP contribution in [0.2, 0.25) is 0 Å². The number of ether oxygens (including phenoxy) is 1. The molecule has 1 saturated heterocycles. The molecular weight excluding hydrogens is 428 g/mol. The number of piperazine rings is 1. The predicted octanol–water partition coefficient (Wildman–Crippen LogP) is 3.06. The van der Waals surface area contributed by atoms with Gasteiger partial charge >= 0.3 is 0 Å². The van der Waals surface area contributed by atoms with Gasteiger partial charge in [-0.2, -0.15) is 0 Å². The van der Waals surface area contributed by atoms with Crippen molar-refractivity contribution in [1.82, 2.24) is 24.8 Å². The Morgan fingerprint density at radius 2 is 1.74 bits per heavy atom. The molecule has 1 aliphatic heterocycles. The van der Waals surface area contributed by atoms with Crippen LogP contribution in [-0.2, 0) is 7.05 Å². The maximum Gasteiger partial charge on any atom is 0.255 e. The summed E-state index contributed by atoms with van der Waals surface area (Å²) in [5, 5.41) is 3.60. The highest BCUT2D eigenvalue weighted by molar-refractivity contribution is 5.64. The van der Waals surface area contributed by atoms with Crippen LogP contribution in [0.5, 0.6) is 5.75 Å².